The average Bonchev–Trinajstić information content (AvgIpc) is 2.55. The molecular formula is C17H25NO2. The van der Waals surface area contributed by atoms with Crippen molar-refractivity contribution < 1.29 is 9.90 Å². The number of aliphatic hydroxyl groups is 1. The molecule has 1 aromatic carbocycles. The van der Waals surface area contributed by atoms with E-state index in [0.29, 0.717) is 18.9 Å². The SMILES string of the molecule is CCN1C(=O)CCCc2cc(C(O)CC(C)C)ccc21. The zero-order valence-electron chi connectivity index (χ0n) is 12.7. The van der Waals surface area contributed by atoms with Gasteiger partial charge < -0.3 is 10.0 Å². The Morgan fingerprint density at radius 1 is 1.30 bits per heavy atom. The van der Waals surface area contributed by atoms with Crippen LogP contribution in [0.5, 0.6) is 0 Å². The van der Waals surface area contributed by atoms with Gasteiger partial charge in [-0.2, -0.15) is 0 Å². The first kappa shape index (κ1) is 15.0. The number of aliphatic hydroxyl groups excluding tert-OH is 1. The number of benzene rings is 1. The van der Waals surface area contributed by atoms with Crippen molar-refractivity contribution in [1.29, 1.82) is 0 Å². The maximum Gasteiger partial charge on any atom is 0.226 e. The maximum atomic E-state index is 12.0. The van der Waals surface area contributed by atoms with Gasteiger partial charge in [-0.05, 0) is 49.3 Å². The minimum absolute atomic E-state index is 0.210. The highest BCUT2D eigenvalue weighted by Crippen LogP contribution is 2.31. The average molecular weight is 275 g/mol. The van der Waals surface area contributed by atoms with Gasteiger partial charge in [0.2, 0.25) is 5.91 Å². The number of nitrogens with zero attached hydrogens (tertiary/aromatic N) is 1. The molecule has 1 aliphatic heterocycles. The highest BCUT2D eigenvalue weighted by Gasteiger charge is 2.22. The van der Waals surface area contributed by atoms with Crippen LogP contribution in [0.4, 0.5) is 5.69 Å². The van der Waals surface area contributed by atoms with Crippen LogP contribution in [0.2, 0.25) is 0 Å². The van der Waals surface area contributed by atoms with Gasteiger partial charge in [-0.1, -0.05) is 26.0 Å². The summed E-state index contributed by atoms with van der Waals surface area (Å²) in [7, 11) is 0. The van der Waals surface area contributed by atoms with E-state index in [0.717, 1.165) is 30.5 Å². The first-order valence-electron chi connectivity index (χ1n) is 7.64. The highest BCUT2D eigenvalue weighted by atomic mass is 16.3. The summed E-state index contributed by atoms with van der Waals surface area (Å²) in [5, 5.41) is 10.3. The Hall–Kier alpha value is -1.35. The van der Waals surface area contributed by atoms with Crippen LogP contribution in [-0.2, 0) is 11.2 Å². The Balaban J connectivity index is 2.31. The van der Waals surface area contributed by atoms with E-state index in [-0.39, 0.29) is 5.91 Å². The van der Waals surface area contributed by atoms with Gasteiger partial charge >= 0.3 is 0 Å². The second-order valence-electron chi connectivity index (χ2n) is 6.03. The summed E-state index contributed by atoms with van der Waals surface area (Å²) in [5.74, 6) is 0.680. The van der Waals surface area contributed by atoms with Crippen molar-refractivity contribution in [3.8, 4) is 0 Å². The molecule has 0 aliphatic carbocycles. The minimum Gasteiger partial charge on any atom is -0.388 e. The summed E-state index contributed by atoms with van der Waals surface area (Å²) in [4.78, 5) is 13.9. The van der Waals surface area contributed by atoms with E-state index < -0.39 is 6.10 Å². The van der Waals surface area contributed by atoms with Gasteiger partial charge in [-0.25, -0.2) is 0 Å². The molecule has 2 rings (SSSR count). The van der Waals surface area contributed by atoms with Crippen LogP contribution in [0.25, 0.3) is 0 Å². The van der Waals surface area contributed by atoms with E-state index in [2.05, 4.69) is 19.9 Å². The first-order chi connectivity index (χ1) is 9.52. The van der Waals surface area contributed by atoms with E-state index in [1.54, 1.807) is 0 Å². The molecule has 0 bridgehead atoms. The predicted molar refractivity (Wildman–Crippen MR) is 81.8 cm³/mol. The molecule has 1 aliphatic rings. The molecule has 3 heteroatoms. The van der Waals surface area contributed by atoms with Crippen molar-refractivity contribution in [2.45, 2.75) is 52.6 Å². The second kappa shape index (κ2) is 6.40. The van der Waals surface area contributed by atoms with E-state index in [1.807, 2.05) is 24.0 Å². The smallest absolute Gasteiger partial charge is 0.226 e. The van der Waals surface area contributed by atoms with Gasteiger partial charge in [0, 0.05) is 18.7 Å². The quantitative estimate of drug-likeness (QED) is 0.914. The third-order valence-electron chi connectivity index (χ3n) is 3.93. The maximum absolute atomic E-state index is 12.0. The van der Waals surface area contributed by atoms with Crippen LogP contribution in [0.15, 0.2) is 18.2 Å². The minimum atomic E-state index is -0.408. The van der Waals surface area contributed by atoms with Gasteiger partial charge in [-0.3, -0.25) is 4.79 Å². The summed E-state index contributed by atoms with van der Waals surface area (Å²) in [6.45, 7) is 6.95. The number of hydrogen-bond donors (Lipinski definition) is 1. The van der Waals surface area contributed by atoms with Crippen LogP contribution in [0.3, 0.4) is 0 Å². The van der Waals surface area contributed by atoms with Crippen molar-refractivity contribution in [3.05, 3.63) is 29.3 Å². The summed E-state index contributed by atoms with van der Waals surface area (Å²) in [6, 6.07) is 6.05. The largest absolute Gasteiger partial charge is 0.388 e. The standard InChI is InChI=1S/C17H25NO2/c1-4-18-15-9-8-14(16(19)10-12(2)3)11-13(15)6-5-7-17(18)20/h8-9,11-12,16,19H,4-7,10H2,1-3H3. The van der Waals surface area contributed by atoms with Crippen LogP contribution in [0, 0.1) is 5.92 Å². The Kier molecular flexibility index (Phi) is 4.81. The second-order valence-corrected chi connectivity index (χ2v) is 6.03. The third-order valence-corrected chi connectivity index (χ3v) is 3.93. The fraction of sp³-hybridized carbons (Fsp3) is 0.588. The van der Waals surface area contributed by atoms with Crippen molar-refractivity contribution >= 4 is 11.6 Å². The van der Waals surface area contributed by atoms with Crippen molar-refractivity contribution in [3.63, 3.8) is 0 Å². The van der Waals surface area contributed by atoms with Crippen LogP contribution >= 0.6 is 0 Å². The normalized spacial score (nSPS) is 17.1. The zero-order chi connectivity index (χ0) is 14.7. The summed E-state index contributed by atoms with van der Waals surface area (Å²) in [5.41, 5.74) is 3.19. The topological polar surface area (TPSA) is 40.5 Å². The molecule has 3 nitrogen and oxygen atoms in total. The first-order valence-corrected chi connectivity index (χ1v) is 7.64. The van der Waals surface area contributed by atoms with E-state index in [9.17, 15) is 9.90 Å². The molecule has 1 N–H and O–H groups in total. The molecule has 0 saturated carbocycles. The lowest BCUT2D eigenvalue weighted by Crippen LogP contribution is -2.29. The Morgan fingerprint density at radius 2 is 2.05 bits per heavy atom. The molecule has 1 unspecified atom stereocenters. The van der Waals surface area contributed by atoms with E-state index in [4.69, 9.17) is 0 Å². The van der Waals surface area contributed by atoms with Gasteiger partial charge in [0.05, 0.1) is 6.10 Å². The third kappa shape index (κ3) is 3.21. The number of anilines is 1. The molecule has 1 aromatic rings. The van der Waals surface area contributed by atoms with Crippen LogP contribution < -0.4 is 4.90 Å². The summed E-state index contributed by atoms with van der Waals surface area (Å²) < 4.78 is 0. The fourth-order valence-corrected chi connectivity index (χ4v) is 2.90. The van der Waals surface area contributed by atoms with Crippen LogP contribution in [0.1, 0.15) is 57.3 Å². The molecule has 0 saturated heterocycles. The molecule has 1 atom stereocenters. The van der Waals surface area contributed by atoms with Crippen LogP contribution in [-0.4, -0.2) is 17.6 Å². The van der Waals surface area contributed by atoms with Gasteiger partial charge in [-0.15, -0.1) is 0 Å². The monoisotopic (exact) mass is 275 g/mol. The molecule has 0 spiro atoms. The molecule has 1 heterocycles. The lowest BCUT2D eigenvalue weighted by molar-refractivity contribution is -0.118. The number of aryl methyl sites for hydroxylation is 1. The number of hydrogen-bond acceptors (Lipinski definition) is 2. The highest BCUT2D eigenvalue weighted by molar-refractivity contribution is 5.94. The Morgan fingerprint density at radius 3 is 2.70 bits per heavy atom. The molecule has 0 fully saturated rings. The molecule has 1 amide bonds. The number of rotatable bonds is 4. The molecule has 0 aromatic heterocycles. The number of carbonyl (C=O) groups is 1. The molecule has 110 valence electrons. The van der Waals surface area contributed by atoms with E-state index in [1.165, 1.54) is 5.56 Å². The lowest BCUT2D eigenvalue weighted by atomic mass is 9.96. The van der Waals surface area contributed by atoms with Gasteiger partial charge in [0.15, 0.2) is 0 Å². The number of fused-ring (bicyclic) bond motifs is 1. The molecular weight excluding hydrogens is 250 g/mol. The summed E-state index contributed by atoms with van der Waals surface area (Å²) in [6.07, 6.45) is 2.79. The lowest BCUT2D eigenvalue weighted by Gasteiger charge is -2.22. The van der Waals surface area contributed by atoms with Gasteiger partial charge in [0.25, 0.3) is 0 Å². The predicted octanol–water partition coefficient (Wildman–Crippen LogP) is 3.46. The van der Waals surface area contributed by atoms with Crippen molar-refractivity contribution in [2.75, 3.05) is 11.4 Å². The number of carbonyl (C=O) groups excluding carboxylic acids is 1. The fourth-order valence-electron chi connectivity index (χ4n) is 2.90. The zero-order valence-corrected chi connectivity index (χ0v) is 12.7. The molecule has 0 radical (unpaired) electrons. The molecule has 20 heavy (non-hydrogen) atoms. The summed E-state index contributed by atoms with van der Waals surface area (Å²) >= 11 is 0. The van der Waals surface area contributed by atoms with E-state index >= 15 is 0 Å². The van der Waals surface area contributed by atoms with Gasteiger partial charge in [0.1, 0.15) is 0 Å². The Labute approximate surface area is 121 Å². The van der Waals surface area contributed by atoms with Crippen molar-refractivity contribution in [2.24, 2.45) is 5.92 Å². The number of amides is 1. The van der Waals surface area contributed by atoms with Crippen molar-refractivity contribution in [1.82, 2.24) is 0 Å². The Bertz CT molecular complexity index is 482.